The van der Waals surface area contributed by atoms with Crippen molar-refractivity contribution >= 4 is 44.2 Å². The van der Waals surface area contributed by atoms with Gasteiger partial charge in [-0.25, -0.2) is 0 Å². The highest BCUT2D eigenvalue weighted by atomic mass is 79.9. The lowest BCUT2D eigenvalue weighted by Gasteiger charge is -2.03. The topological polar surface area (TPSA) is 22.0 Å². The zero-order valence-corrected chi connectivity index (χ0v) is 14.0. The largest absolute Gasteiger partial charge is 0.350 e. The first-order valence-electron chi connectivity index (χ1n) is 6.52. The summed E-state index contributed by atoms with van der Waals surface area (Å²) < 4.78 is 2.84. The summed E-state index contributed by atoms with van der Waals surface area (Å²) in [5.41, 5.74) is 3.39. The lowest BCUT2D eigenvalue weighted by molar-refractivity contribution is 0.104. The van der Waals surface area contributed by atoms with Crippen LogP contribution >= 0.6 is 27.5 Å². The third-order valence-electron chi connectivity index (χ3n) is 3.50. The lowest BCUT2D eigenvalue weighted by atomic mass is 10.0. The summed E-state index contributed by atoms with van der Waals surface area (Å²) in [5, 5.41) is 1.59. The van der Waals surface area contributed by atoms with Crippen LogP contribution < -0.4 is 0 Å². The van der Waals surface area contributed by atoms with Crippen LogP contribution in [0.15, 0.2) is 47.1 Å². The standard InChI is InChI=1S/C17H13BrClNO/c1-10-5-11(7-12(18)6-10)17(21)15-9-20(2)16-8-13(19)3-4-14(15)16/h3-9H,1-2H3. The van der Waals surface area contributed by atoms with Gasteiger partial charge in [0.15, 0.2) is 5.78 Å². The number of carbonyl (C=O) groups is 1. The summed E-state index contributed by atoms with van der Waals surface area (Å²) in [6, 6.07) is 11.3. The highest BCUT2D eigenvalue weighted by Crippen LogP contribution is 2.27. The van der Waals surface area contributed by atoms with Gasteiger partial charge in [-0.3, -0.25) is 4.79 Å². The molecule has 0 radical (unpaired) electrons. The molecule has 2 aromatic carbocycles. The second-order valence-corrected chi connectivity index (χ2v) is 6.51. The number of hydrogen-bond acceptors (Lipinski definition) is 1. The van der Waals surface area contributed by atoms with E-state index in [1.54, 1.807) is 0 Å². The van der Waals surface area contributed by atoms with Crippen molar-refractivity contribution in [3.05, 3.63) is 68.8 Å². The number of carbonyl (C=O) groups excluding carboxylic acids is 1. The maximum absolute atomic E-state index is 12.8. The fourth-order valence-electron chi connectivity index (χ4n) is 2.56. The number of aryl methyl sites for hydroxylation is 2. The average Bonchev–Trinajstić information content (AvgIpc) is 2.74. The molecule has 0 aliphatic carbocycles. The summed E-state index contributed by atoms with van der Waals surface area (Å²) >= 11 is 9.48. The predicted octanol–water partition coefficient (Wildman–Crippen LogP) is 5.13. The Balaban J connectivity index is 2.18. The Morgan fingerprint density at radius 2 is 1.95 bits per heavy atom. The molecule has 3 rings (SSSR count). The number of ketones is 1. The fourth-order valence-corrected chi connectivity index (χ4v) is 3.34. The molecule has 0 saturated carbocycles. The maximum Gasteiger partial charge on any atom is 0.195 e. The van der Waals surface area contributed by atoms with E-state index in [-0.39, 0.29) is 5.78 Å². The molecule has 2 nitrogen and oxygen atoms in total. The first-order chi connectivity index (χ1) is 9.95. The van der Waals surface area contributed by atoms with Gasteiger partial charge in [-0.1, -0.05) is 33.6 Å². The van der Waals surface area contributed by atoms with E-state index in [1.807, 2.05) is 61.1 Å². The normalized spacial score (nSPS) is 11.0. The highest BCUT2D eigenvalue weighted by Gasteiger charge is 2.16. The number of fused-ring (bicyclic) bond motifs is 1. The molecule has 0 spiro atoms. The van der Waals surface area contributed by atoms with E-state index >= 15 is 0 Å². The Morgan fingerprint density at radius 3 is 2.67 bits per heavy atom. The molecule has 0 fully saturated rings. The number of nitrogens with zero attached hydrogens (tertiary/aromatic N) is 1. The smallest absolute Gasteiger partial charge is 0.195 e. The number of halogens is 2. The molecule has 106 valence electrons. The molecular weight excluding hydrogens is 350 g/mol. The first-order valence-corrected chi connectivity index (χ1v) is 7.69. The summed E-state index contributed by atoms with van der Waals surface area (Å²) in [7, 11) is 1.92. The van der Waals surface area contributed by atoms with Crippen molar-refractivity contribution in [3.8, 4) is 0 Å². The van der Waals surface area contributed by atoms with Gasteiger partial charge in [0.1, 0.15) is 0 Å². The van der Waals surface area contributed by atoms with E-state index in [4.69, 9.17) is 11.6 Å². The number of rotatable bonds is 2. The molecule has 0 N–H and O–H groups in total. The van der Waals surface area contributed by atoms with Crippen LogP contribution in [-0.4, -0.2) is 10.4 Å². The van der Waals surface area contributed by atoms with Gasteiger partial charge >= 0.3 is 0 Å². The van der Waals surface area contributed by atoms with Gasteiger partial charge in [0.25, 0.3) is 0 Å². The van der Waals surface area contributed by atoms with E-state index in [0.717, 1.165) is 20.9 Å². The SMILES string of the molecule is Cc1cc(Br)cc(C(=O)c2cn(C)c3cc(Cl)ccc23)c1. The van der Waals surface area contributed by atoms with Crippen LogP contribution in [0.3, 0.4) is 0 Å². The molecule has 0 saturated heterocycles. The van der Waals surface area contributed by atoms with Gasteiger partial charge in [-0.05, 0) is 42.8 Å². The van der Waals surface area contributed by atoms with Crippen LogP contribution in [0.1, 0.15) is 21.5 Å². The van der Waals surface area contributed by atoms with Gasteiger partial charge in [0.2, 0.25) is 0 Å². The number of aromatic nitrogens is 1. The minimum absolute atomic E-state index is 0.0207. The van der Waals surface area contributed by atoms with E-state index in [2.05, 4.69) is 15.9 Å². The average molecular weight is 363 g/mol. The van der Waals surface area contributed by atoms with E-state index in [1.165, 1.54) is 0 Å². The van der Waals surface area contributed by atoms with Crippen molar-refractivity contribution < 1.29 is 4.79 Å². The Labute approximate surface area is 136 Å². The van der Waals surface area contributed by atoms with Gasteiger partial charge in [0.05, 0.1) is 0 Å². The lowest BCUT2D eigenvalue weighted by Crippen LogP contribution is -2.01. The number of hydrogen-bond donors (Lipinski definition) is 0. The summed E-state index contributed by atoms with van der Waals surface area (Å²) in [5.74, 6) is 0.0207. The minimum atomic E-state index is 0.0207. The van der Waals surface area contributed by atoms with Crippen molar-refractivity contribution in [1.82, 2.24) is 4.57 Å². The Morgan fingerprint density at radius 1 is 1.19 bits per heavy atom. The highest BCUT2D eigenvalue weighted by molar-refractivity contribution is 9.10. The van der Waals surface area contributed by atoms with Crippen LogP contribution in [0.2, 0.25) is 5.02 Å². The molecule has 1 aromatic heterocycles. The van der Waals surface area contributed by atoms with Gasteiger partial charge in [0, 0.05) is 44.8 Å². The third-order valence-corrected chi connectivity index (χ3v) is 4.19. The molecule has 21 heavy (non-hydrogen) atoms. The van der Waals surface area contributed by atoms with Gasteiger partial charge < -0.3 is 4.57 Å². The van der Waals surface area contributed by atoms with Crippen molar-refractivity contribution in [3.63, 3.8) is 0 Å². The Bertz CT molecular complexity index is 846. The third kappa shape index (κ3) is 2.63. The fraction of sp³-hybridized carbons (Fsp3) is 0.118. The Kier molecular flexibility index (Phi) is 3.64. The monoisotopic (exact) mass is 361 g/mol. The van der Waals surface area contributed by atoms with Crippen LogP contribution in [0.25, 0.3) is 10.9 Å². The minimum Gasteiger partial charge on any atom is -0.350 e. The Hall–Kier alpha value is -1.58. The summed E-state index contributed by atoms with van der Waals surface area (Å²) in [4.78, 5) is 12.8. The van der Waals surface area contributed by atoms with Crippen molar-refractivity contribution in [2.24, 2.45) is 7.05 Å². The second kappa shape index (κ2) is 5.32. The molecule has 1 heterocycles. The molecule has 0 aliphatic heterocycles. The summed E-state index contributed by atoms with van der Waals surface area (Å²) in [6.07, 6.45) is 1.86. The molecule has 3 aromatic rings. The molecule has 0 unspecified atom stereocenters. The van der Waals surface area contributed by atoms with Gasteiger partial charge in [-0.2, -0.15) is 0 Å². The molecule has 4 heteroatoms. The molecule has 0 amide bonds. The summed E-state index contributed by atoms with van der Waals surface area (Å²) in [6.45, 7) is 1.98. The van der Waals surface area contributed by atoms with E-state index in [9.17, 15) is 4.79 Å². The van der Waals surface area contributed by atoms with Crippen molar-refractivity contribution in [2.45, 2.75) is 6.92 Å². The van der Waals surface area contributed by atoms with Crippen LogP contribution in [-0.2, 0) is 7.05 Å². The van der Waals surface area contributed by atoms with E-state index in [0.29, 0.717) is 16.1 Å². The molecule has 0 bridgehead atoms. The quantitative estimate of drug-likeness (QED) is 0.579. The zero-order valence-electron chi connectivity index (χ0n) is 11.7. The van der Waals surface area contributed by atoms with Crippen LogP contribution in [0, 0.1) is 6.92 Å². The van der Waals surface area contributed by atoms with Crippen LogP contribution in [0.4, 0.5) is 0 Å². The number of benzene rings is 2. The van der Waals surface area contributed by atoms with Crippen LogP contribution in [0.5, 0.6) is 0 Å². The zero-order chi connectivity index (χ0) is 15.1. The van der Waals surface area contributed by atoms with Gasteiger partial charge in [-0.15, -0.1) is 0 Å². The van der Waals surface area contributed by atoms with Crippen molar-refractivity contribution in [1.29, 1.82) is 0 Å². The maximum atomic E-state index is 12.8. The first kappa shape index (κ1) is 14.4. The second-order valence-electron chi connectivity index (χ2n) is 5.16. The van der Waals surface area contributed by atoms with E-state index < -0.39 is 0 Å². The molecule has 0 atom stereocenters. The molecule has 0 aliphatic rings. The molecular formula is C17H13BrClNO. The predicted molar refractivity (Wildman–Crippen MR) is 90.2 cm³/mol. The van der Waals surface area contributed by atoms with Crippen molar-refractivity contribution in [2.75, 3.05) is 0 Å².